The van der Waals surface area contributed by atoms with Gasteiger partial charge in [-0.05, 0) is 30.0 Å². The second kappa shape index (κ2) is 4.91. The molecule has 102 valence electrons. The molecule has 1 N–H and O–H groups in total. The quantitative estimate of drug-likeness (QED) is 0.660. The van der Waals surface area contributed by atoms with Crippen LogP contribution in [0.1, 0.15) is 17.5 Å². The Balaban J connectivity index is 2.49. The molecule has 0 aliphatic heterocycles. The van der Waals surface area contributed by atoms with Crippen LogP contribution in [0.5, 0.6) is 5.75 Å². The number of hydrogen-bond donors (Lipinski definition) is 1. The Morgan fingerprint density at radius 3 is 2.63 bits per heavy atom. The Morgan fingerprint density at radius 1 is 1.32 bits per heavy atom. The maximum absolute atomic E-state index is 11.9. The molecule has 0 fully saturated rings. The summed E-state index contributed by atoms with van der Waals surface area (Å²) < 4.78 is 9.94. The fourth-order valence-electron chi connectivity index (χ4n) is 2.61. The van der Waals surface area contributed by atoms with Crippen LogP contribution >= 0.6 is 0 Å². The van der Waals surface area contributed by atoms with Crippen molar-refractivity contribution in [3.8, 4) is 5.75 Å². The van der Waals surface area contributed by atoms with Crippen LogP contribution in [0.15, 0.2) is 18.2 Å². The number of benzene rings is 1. The van der Waals surface area contributed by atoms with Crippen LogP contribution in [0.25, 0.3) is 0 Å². The number of methoxy groups -OCH3 is 2. The first-order chi connectivity index (χ1) is 9.05. The van der Waals surface area contributed by atoms with Crippen LogP contribution in [-0.4, -0.2) is 31.3 Å². The van der Waals surface area contributed by atoms with Crippen molar-refractivity contribution in [3.05, 3.63) is 29.3 Å². The van der Waals surface area contributed by atoms with E-state index in [-0.39, 0.29) is 12.8 Å². The Bertz CT molecular complexity index is 508. The smallest absolute Gasteiger partial charge is 0.323 e. The van der Waals surface area contributed by atoms with Crippen molar-refractivity contribution in [2.75, 3.05) is 14.2 Å². The highest BCUT2D eigenvalue weighted by atomic mass is 16.5. The molecule has 0 heterocycles. The van der Waals surface area contributed by atoms with Crippen LogP contribution in [0, 0.1) is 5.41 Å². The standard InChI is InChI=1S/C14H16O5/c1-18-11-5-3-4-9-6-7-14(12(15)16,8-10(9)11)13(17)19-2/h3-5H,6-8H2,1-2H3,(H,15,16). The predicted octanol–water partition coefficient (Wildman–Crippen LogP) is 1.43. The number of ether oxygens (including phenoxy) is 2. The van der Waals surface area contributed by atoms with Gasteiger partial charge < -0.3 is 14.6 Å². The number of fused-ring (bicyclic) bond motifs is 1. The summed E-state index contributed by atoms with van der Waals surface area (Å²) in [5.74, 6) is -1.22. The molecule has 1 unspecified atom stereocenters. The highest BCUT2D eigenvalue weighted by Crippen LogP contribution is 2.40. The molecule has 0 amide bonds. The number of esters is 1. The van der Waals surface area contributed by atoms with Gasteiger partial charge in [-0.2, -0.15) is 0 Å². The fraction of sp³-hybridized carbons (Fsp3) is 0.429. The number of carbonyl (C=O) groups is 2. The molecule has 1 aliphatic carbocycles. The summed E-state index contributed by atoms with van der Waals surface area (Å²) in [4.78, 5) is 23.4. The van der Waals surface area contributed by atoms with E-state index in [9.17, 15) is 14.7 Å². The molecule has 1 atom stereocenters. The zero-order chi connectivity index (χ0) is 14.0. The Kier molecular flexibility index (Phi) is 3.46. The monoisotopic (exact) mass is 264 g/mol. The number of hydrogen-bond acceptors (Lipinski definition) is 4. The van der Waals surface area contributed by atoms with Gasteiger partial charge >= 0.3 is 11.9 Å². The van der Waals surface area contributed by atoms with Gasteiger partial charge in [-0.25, -0.2) is 0 Å². The van der Waals surface area contributed by atoms with Crippen LogP contribution in [-0.2, 0) is 27.2 Å². The Morgan fingerprint density at radius 2 is 2.05 bits per heavy atom. The normalized spacial score (nSPS) is 21.4. The van der Waals surface area contributed by atoms with Gasteiger partial charge in [0.1, 0.15) is 5.75 Å². The Labute approximate surface area is 111 Å². The summed E-state index contributed by atoms with van der Waals surface area (Å²) in [7, 11) is 2.75. The van der Waals surface area contributed by atoms with E-state index < -0.39 is 17.4 Å². The lowest BCUT2D eigenvalue weighted by molar-refractivity contribution is -0.168. The minimum atomic E-state index is -1.50. The number of carboxylic acid groups (broad SMARTS) is 1. The van der Waals surface area contributed by atoms with Crippen molar-refractivity contribution < 1.29 is 24.2 Å². The van der Waals surface area contributed by atoms with E-state index in [0.29, 0.717) is 12.2 Å². The summed E-state index contributed by atoms with van der Waals surface area (Å²) >= 11 is 0. The molecule has 0 radical (unpaired) electrons. The van der Waals surface area contributed by atoms with E-state index in [1.807, 2.05) is 12.1 Å². The van der Waals surface area contributed by atoms with Gasteiger partial charge in [0.25, 0.3) is 0 Å². The molecule has 0 saturated carbocycles. The van der Waals surface area contributed by atoms with Gasteiger partial charge in [-0.15, -0.1) is 0 Å². The van der Waals surface area contributed by atoms with Crippen molar-refractivity contribution in [1.29, 1.82) is 0 Å². The summed E-state index contributed by atoms with van der Waals surface area (Å²) in [5.41, 5.74) is 0.306. The van der Waals surface area contributed by atoms with Crippen molar-refractivity contribution in [2.24, 2.45) is 5.41 Å². The van der Waals surface area contributed by atoms with Crippen molar-refractivity contribution in [2.45, 2.75) is 19.3 Å². The lowest BCUT2D eigenvalue weighted by Crippen LogP contribution is -2.44. The van der Waals surface area contributed by atoms with Gasteiger partial charge in [0.15, 0.2) is 5.41 Å². The van der Waals surface area contributed by atoms with Gasteiger partial charge in [0.05, 0.1) is 14.2 Å². The number of carboxylic acids is 1. The molecule has 5 heteroatoms. The van der Waals surface area contributed by atoms with E-state index >= 15 is 0 Å². The lowest BCUT2D eigenvalue weighted by Gasteiger charge is -2.32. The first-order valence-electron chi connectivity index (χ1n) is 6.01. The van der Waals surface area contributed by atoms with Gasteiger partial charge in [-0.3, -0.25) is 9.59 Å². The maximum Gasteiger partial charge on any atom is 0.323 e. The van der Waals surface area contributed by atoms with Crippen LogP contribution in [0.3, 0.4) is 0 Å². The summed E-state index contributed by atoms with van der Waals surface area (Å²) in [6.07, 6.45) is 0.872. The largest absolute Gasteiger partial charge is 0.496 e. The first kappa shape index (κ1) is 13.4. The molecule has 5 nitrogen and oxygen atoms in total. The number of rotatable bonds is 3. The second-order valence-electron chi connectivity index (χ2n) is 4.65. The molecule has 19 heavy (non-hydrogen) atoms. The number of aryl methyl sites for hydroxylation is 1. The first-order valence-corrected chi connectivity index (χ1v) is 6.01. The predicted molar refractivity (Wildman–Crippen MR) is 67.1 cm³/mol. The zero-order valence-electron chi connectivity index (χ0n) is 10.9. The number of aliphatic carboxylic acids is 1. The van der Waals surface area contributed by atoms with Crippen LogP contribution < -0.4 is 4.74 Å². The summed E-state index contributed by atoms with van der Waals surface area (Å²) in [5, 5.41) is 9.44. The van der Waals surface area contributed by atoms with E-state index in [2.05, 4.69) is 4.74 Å². The molecular formula is C14H16O5. The molecule has 0 bridgehead atoms. The second-order valence-corrected chi connectivity index (χ2v) is 4.65. The zero-order valence-corrected chi connectivity index (χ0v) is 10.9. The minimum absolute atomic E-state index is 0.106. The van der Waals surface area contributed by atoms with E-state index in [4.69, 9.17) is 4.74 Å². The summed E-state index contributed by atoms with van der Waals surface area (Å²) in [6, 6.07) is 5.57. The van der Waals surface area contributed by atoms with E-state index in [1.54, 1.807) is 6.07 Å². The molecule has 0 saturated heterocycles. The third kappa shape index (κ3) is 2.05. The topological polar surface area (TPSA) is 72.8 Å². The molecule has 1 aromatic rings. The molecule has 0 spiro atoms. The fourth-order valence-corrected chi connectivity index (χ4v) is 2.61. The SMILES string of the molecule is COC(=O)C1(C(=O)O)CCc2cccc(OC)c2C1. The van der Waals surface area contributed by atoms with Gasteiger partial charge in [0, 0.05) is 6.42 Å². The maximum atomic E-state index is 11.9. The lowest BCUT2D eigenvalue weighted by atomic mass is 9.71. The highest BCUT2D eigenvalue weighted by Gasteiger charge is 2.50. The van der Waals surface area contributed by atoms with Crippen LogP contribution in [0.2, 0.25) is 0 Å². The minimum Gasteiger partial charge on any atom is -0.496 e. The highest BCUT2D eigenvalue weighted by molar-refractivity contribution is 5.99. The van der Waals surface area contributed by atoms with Gasteiger partial charge in [0.2, 0.25) is 0 Å². The van der Waals surface area contributed by atoms with E-state index in [1.165, 1.54) is 14.2 Å². The molecule has 2 rings (SSSR count). The summed E-state index contributed by atoms with van der Waals surface area (Å²) in [6.45, 7) is 0. The van der Waals surface area contributed by atoms with Crippen molar-refractivity contribution in [3.63, 3.8) is 0 Å². The number of carbonyl (C=O) groups excluding carboxylic acids is 1. The average Bonchev–Trinajstić information content (AvgIpc) is 2.44. The van der Waals surface area contributed by atoms with E-state index in [0.717, 1.165) is 11.1 Å². The Hall–Kier alpha value is -2.04. The molecule has 0 aromatic heterocycles. The molecule has 1 aliphatic rings. The third-order valence-electron chi connectivity index (χ3n) is 3.74. The molecular weight excluding hydrogens is 248 g/mol. The van der Waals surface area contributed by atoms with Crippen molar-refractivity contribution in [1.82, 2.24) is 0 Å². The van der Waals surface area contributed by atoms with Crippen molar-refractivity contribution >= 4 is 11.9 Å². The third-order valence-corrected chi connectivity index (χ3v) is 3.74. The average molecular weight is 264 g/mol. The molecule has 1 aromatic carbocycles. The van der Waals surface area contributed by atoms with Crippen LogP contribution in [0.4, 0.5) is 0 Å². The van der Waals surface area contributed by atoms with Gasteiger partial charge in [-0.1, -0.05) is 12.1 Å².